The second kappa shape index (κ2) is 57.1. The molecule has 0 aromatic carbocycles. The number of allylic oxidation sites excluding steroid dienone is 16. The average molecular weight is 932 g/mol. The quantitative estimate of drug-likeness (QED) is 0.0374. The largest absolute Gasteiger partial charge is 0.462 e. The molecule has 0 heterocycles. The van der Waals surface area contributed by atoms with E-state index in [0.29, 0.717) is 12.8 Å². The van der Waals surface area contributed by atoms with Gasteiger partial charge < -0.3 is 14.6 Å². The van der Waals surface area contributed by atoms with Crippen LogP contribution in [0.2, 0.25) is 0 Å². The van der Waals surface area contributed by atoms with E-state index < -0.39 is 6.10 Å². The predicted octanol–water partition coefficient (Wildman–Crippen LogP) is 19.1. The summed E-state index contributed by atoms with van der Waals surface area (Å²) < 4.78 is 10.7. The van der Waals surface area contributed by atoms with Crippen LogP contribution in [0.15, 0.2) is 97.2 Å². The Balaban J connectivity index is 3.50. The highest BCUT2D eigenvalue weighted by Crippen LogP contribution is 2.16. The van der Waals surface area contributed by atoms with Crippen molar-refractivity contribution >= 4 is 11.9 Å². The first-order chi connectivity index (χ1) is 33.1. The molecule has 67 heavy (non-hydrogen) atoms. The van der Waals surface area contributed by atoms with E-state index in [1.807, 2.05) is 0 Å². The third-order valence-electron chi connectivity index (χ3n) is 12.1. The fourth-order valence-electron chi connectivity index (χ4n) is 7.93. The lowest BCUT2D eigenvalue weighted by Crippen LogP contribution is -2.28. The van der Waals surface area contributed by atoms with E-state index in [1.165, 1.54) is 148 Å². The predicted molar refractivity (Wildman–Crippen MR) is 292 cm³/mol. The first-order valence-electron chi connectivity index (χ1n) is 28.3. The fraction of sp³-hybridized carbons (Fsp3) is 0.710. The molecule has 0 bridgehead atoms. The average Bonchev–Trinajstić information content (AvgIpc) is 3.33. The Morgan fingerprint density at radius 2 is 0.642 bits per heavy atom. The van der Waals surface area contributed by atoms with Crippen molar-refractivity contribution in [3.63, 3.8) is 0 Å². The van der Waals surface area contributed by atoms with E-state index in [0.717, 1.165) is 89.9 Å². The third kappa shape index (κ3) is 55.3. The van der Waals surface area contributed by atoms with Gasteiger partial charge in [0.2, 0.25) is 0 Å². The molecule has 1 unspecified atom stereocenters. The van der Waals surface area contributed by atoms with Crippen molar-refractivity contribution in [2.75, 3.05) is 13.2 Å². The number of hydrogen-bond donors (Lipinski definition) is 1. The van der Waals surface area contributed by atoms with Crippen LogP contribution in [0.1, 0.15) is 264 Å². The van der Waals surface area contributed by atoms with Gasteiger partial charge in [-0.1, -0.05) is 272 Å². The van der Waals surface area contributed by atoms with Gasteiger partial charge in [0, 0.05) is 12.8 Å². The molecule has 0 aromatic rings. The van der Waals surface area contributed by atoms with Gasteiger partial charge in [-0.25, -0.2) is 0 Å². The van der Waals surface area contributed by atoms with Gasteiger partial charge in [0.05, 0.1) is 6.61 Å². The molecule has 5 heteroatoms. The third-order valence-corrected chi connectivity index (χ3v) is 12.1. The van der Waals surface area contributed by atoms with Gasteiger partial charge in [0.15, 0.2) is 6.10 Å². The van der Waals surface area contributed by atoms with E-state index in [-0.39, 0.29) is 25.2 Å². The Bertz CT molecular complexity index is 1280. The summed E-state index contributed by atoms with van der Waals surface area (Å²) >= 11 is 0. The number of ether oxygens (including phenoxy) is 2. The zero-order chi connectivity index (χ0) is 48.5. The monoisotopic (exact) mass is 931 g/mol. The van der Waals surface area contributed by atoms with Gasteiger partial charge in [0.25, 0.3) is 0 Å². The summed E-state index contributed by atoms with van der Waals surface area (Å²) in [5.41, 5.74) is 0. The summed E-state index contributed by atoms with van der Waals surface area (Å²) in [5.74, 6) is -0.585. The number of aliphatic hydroxyl groups is 1. The molecule has 0 rings (SSSR count). The maximum Gasteiger partial charge on any atom is 0.306 e. The number of unbranched alkanes of at least 4 members (excludes halogenated alkanes) is 27. The van der Waals surface area contributed by atoms with Crippen LogP contribution in [0.5, 0.6) is 0 Å². The Hall–Kier alpha value is -3.18. The van der Waals surface area contributed by atoms with Crippen molar-refractivity contribution in [3.05, 3.63) is 97.2 Å². The smallest absolute Gasteiger partial charge is 0.306 e. The van der Waals surface area contributed by atoms with E-state index >= 15 is 0 Å². The molecule has 1 atom stereocenters. The molecule has 0 saturated heterocycles. The molecule has 0 spiro atoms. The van der Waals surface area contributed by atoms with Crippen molar-refractivity contribution in [2.24, 2.45) is 0 Å². The van der Waals surface area contributed by atoms with Crippen LogP contribution in [0, 0.1) is 0 Å². The molecule has 0 aliphatic carbocycles. The van der Waals surface area contributed by atoms with E-state index in [2.05, 4.69) is 111 Å². The summed E-state index contributed by atoms with van der Waals surface area (Å²) in [7, 11) is 0. The maximum absolute atomic E-state index is 12.3. The minimum Gasteiger partial charge on any atom is -0.462 e. The molecule has 5 nitrogen and oxygen atoms in total. The van der Waals surface area contributed by atoms with Crippen LogP contribution in [-0.2, 0) is 19.1 Å². The molecule has 0 radical (unpaired) electrons. The van der Waals surface area contributed by atoms with Crippen molar-refractivity contribution in [1.29, 1.82) is 0 Å². The maximum atomic E-state index is 12.3. The minimum absolute atomic E-state index is 0.0652. The molecule has 0 amide bonds. The van der Waals surface area contributed by atoms with Gasteiger partial charge in [-0.05, 0) is 77.0 Å². The normalized spacial score (nSPS) is 12.9. The van der Waals surface area contributed by atoms with Gasteiger partial charge in [0.1, 0.15) is 6.61 Å². The highest BCUT2D eigenvalue weighted by molar-refractivity contribution is 5.70. The number of aliphatic hydroxyl groups excluding tert-OH is 1. The lowest BCUT2D eigenvalue weighted by atomic mass is 10.0. The fourth-order valence-corrected chi connectivity index (χ4v) is 7.93. The topological polar surface area (TPSA) is 72.8 Å². The summed E-state index contributed by atoms with van der Waals surface area (Å²) in [6.45, 7) is 4.04. The summed E-state index contributed by atoms with van der Waals surface area (Å²) in [6.07, 6.45) is 81.0. The number of rotatable bonds is 51. The zero-order valence-electron chi connectivity index (χ0n) is 43.9. The second-order valence-electron chi connectivity index (χ2n) is 18.6. The Morgan fingerprint density at radius 1 is 0.358 bits per heavy atom. The van der Waals surface area contributed by atoms with Crippen molar-refractivity contribution in [2.45, 2.75) is 270 Å². The van der Waals surface area contributed by atoms with Crippen LogP contribution < -0.4 is 0 Å². The second-order valence-corrected chi connectivity index (χ2v) is 18.6. The van der Waals surface area contributed by atoms with Gasteiger partial charge in [-0.2, -0.15) is 0 Å². The molecule has 1 N–H and O–H groups in total. The van der Waals surface area contributed by atoms with Gasteiger partial charge in [-0.3, -0.25) is 9.59 Å². The van der Waals surface area contributed by atoms with E-state index in [4.69, 9.17) is 9.47 Å². The van der Waals surface area contributed by atoms with Crippen molar-refractivity contribution in [3.8, 4) is 0 Å². The van der Waals surface area contributed by atoms with Crippen LogP contribution in [0.4, 0.5) is 0 Å². The summed E-state index contributed by atoms with van der Waals surface area (Å²) in [5, 5.41) is 9.63. The Kier molecular flexibility index (Phi) is 54.4. The SMILES string of the molecule is CC/C=C\C/C=C\C/C=C\C/C=C\C/C=C\C/C=C\C/C=C\C/C=C\CCCCCCCCCCCCCCCCC(=O)OC(CO)COC(=O)CCCCCCCCCCCCCCCC. The highest BCUT2D eigenvalue weighted by atomic mass is 16.6. The number of hydrogen-bond acceptors (Lipinski definition) is 5. The Morgan fingerprint density at radius 3 is 0.970 bits per heavy atom. The Labute approximate surface area is 415 Å². The highest BCUT2D eigenvalue weighted by Gasteiger charge is 2.16. The molecule has 0 aliphatic rings. The molecule has 0 aliphatic heterocycles. The van der Waals surface area contributed by atoms with Crippen LogP contribution in [0.25, 0.3) is 0 Å². The molecule has 0 fully saturated rings. The minimum atomic E-state index is -0.773. The lowest BCUT2D eigenvalue weighted by molar-refractivity contribution is -0.161. The molecular formula is C62H106O5. The zero-order valence-corrected chi connectivity index (χ0v) is 43.9. The van der Waals surface area contributed by atoms with E-state index in [1.54, 1.807) is 0 Å². The first kappa shape index (κ1) is 63.8. The first-order valence-corrected chi connectivity index (χ1v) is 28.3. The summed E-state index contributed by atoms with van der Waals surface area (Å²) in [6, 6.07) is 0. The van der Waals surface area contributed by atoms with Crippen molar-refractivity contribution < 1.29 is 24.2 Å². The summed E-state index contributed by atoms with van der Waals surface area (Å²) in [4.78, 5) is 24.4. The number of carbonyl (C=O) groups is 2. The number of esters is 2. The van der Waals surface area contributed by atoms with Crippen LogP contribution >= 0.6 is 0 Å². The molecule has 0 saturated carbocycles. The van der Waals surface area contributed by atoms with Crippen molar-refractivity contribution in [1.82, 2.24) is 0 Å². The standard InChI is InChI=1S/C62H106O5/c1-3-5-7-9-11-13-15-17-19-20-21-22-23-24-25-26-27-28-29-30-31-32-33-34-35-36-37-38-39-40-41-42-43-45-47-49-51-53-55-57-62(65)67-60(58-63)59-66-61(64)56-54-52-50-48-46-44-18-16-14-12-10-8-6-4-2/h5,7,11,13,17,19,21-22,24-25,27-28,30-31,33-34,60,63H,3-4,6,8-10,12,14-16,18,20,23,26,29,32,35-59H2,1-2H3/b7-5-,13-11-,19-17-,22-21-,25-24-,28-27-,31-30-,34-33-. The lowest BCUT2D eigenvalue weighted by Gasteiger charge is -2.15. The van der Waals surface area contributed by atoms with E-state index in [9.17, 15) is 14.7 Å². The van der Waals surface area contributed by atoms with Gasteiger partial charge >= 0.3 is 11.9 Å². The van der Waals surface area contributed by atoms with Gasteiger partial charge in [-0.15, -0.1) is 0 Å². The molecular weight excluding hydrogens is 825 g/mol. The van der Waals surface area contributed by atoms with Crippen LogP contribution in [0.3, 0.4) is 0 Å². The number of carbonyl (C=O) groups excluding carboxylic acids is 2. The van der Waals surface area contributed by atoms with Crippen LogP contribution in [-0.4, -0.2) is 36.4 Å². The molecule has 384 valence electrons. The molecule has 0 aromatic heterocycles.